The molecule has 4 nitrogen and oxygen atoms in total. The van der Waals surface area contributed by atoms with Gasteiger partial charge in [0.2, 0.25) is 0 Å². The molecular formula is C19H18F2N2O2S. The first kappa shape index (κ1) is 18.4. The van der Waals surface area contributed by atoms with Crippen LogP contribution in [0.1, 0.15) is 21.5 Å². The second kappa shape index (κ2) is 7.47. The number of fused-ring (bicyclic) bond motifs is 1. The lowest BCUT2D eigenvalue weighted by Crippen LogP contribution is -2.19. The number of methoxy groups -OCH3 is 1. The average molecular weight is 376 g/mol. The monoisotopic (exact) mass is 376 g/mol. The van der Waals surface area contributed by atoms with Crippen LogP contribution in [0.5, 0.6) is 0 Å². The van der Waals surface area contributed by atoms with Crippen molar-refractivity contribution in [2.75, 3.05) is 13.7 Å². The van der Waals surface area contributed by atoms with Crippen molar-refractivity contribution in [1.29, 1.82) is 0 Å². The standard InChI is InChI=1S/C19H18F2N2O2S/c1-11-8-16-17(9-12(11)2)26-19(23(16)6-7-25-3)22-18(24)14-5-4-13(20)10-15(14)21/h4-5,8-10H,6-7H2,1-3H3. The van der Waals surface area contributed by atoms with Gasteiger partial charge in [-0.15, -0.1) is 0 Å². The molecule has 0 spiro atoms. The summed E-state index contributed by atoms with van der Waals surface area (Å²) in [5.74, 6) is -2.40. The molecule has 0 fully saturated rings. The van der Waals surface area contributed by atoms with Crippen molar-refractivity contribution in [2.45, 2.75) is 20.4 Å². The van der Waals surface area contributed by atoms with Gasteiger partial charge in [0.25, 0.3) is 5.91 Å². The summed E-state index contributed by atoms with van der Waals surface area (Å²) in [7, 11) is 1.60. The van der Waals surface area contributed by atoms with Gasteiger partial charge in [-0.25, -0.2) is 8.78 Å². The van der Waals surface area contributed by atoms with Crippen molar-refractivity contribution in [2.24, 2.45) is 4.99 Å². The maximum atomic E-state index is 13.9. The molecule has 7 heteroatoms. The molecule has 0 radical (unpaired) electrons. The van der Waals surface area contributed by atoms with Crippen molar-refractivity contribution in [3.63, 3.8) is 0 Å². The van der Waals surface area contributed by atoms with Gasteiger partial charge >= 0.3 is 0 Å². The lowest BCUT2D eigenvalue weighted by atomic mass is 10.1. The fourth-order valence-corrected chi connectivity index (χ4v) is 3.75. The lowest BCUT2D eigenvalue weighted by molar-refractivity contribution is 0.0993. The highest BCUT2D eigenvalue weighted by atomic mass is 32.1. The molecule has 0 N–H and O–H groups in total. The van der Waals surface area contributed by atoms with E-state index in [4.69, 9.17) is 4.74 Å². The topological polar surface area (TPSA) is 43.6 Å². The number of aromatic nitrogens is 1. The van der Waals surface area contributed by atoms with Gasteiger partial charge in [0.15, 0.2) is 4.80 Å². The second-order valence-corrected chi connectivity index (χ2v) is 6.98. The lowest BCUT2D eigenvalue weighted by Gasteiger charge is -2.06. The largest absolute Gasteiger partial charge is 0.383 e. The van der Waals surface area contributed by atoms with Gasteiger partial charge in [0.1, 0.15) is 11.6 Å². The fraction of sp³-hybridized carbons (Fsp3) is 0.263. The van der Waals surface area contributed by atoms with Gasteiger partial charge in [-0.05, 0) is 49.2 Å². The summed E-state index contributed by atoms with van der Waals surface area (Å²) in [6.45, 7) is 4.99. The zero-order chi connectivity index (χ0) is 18.8. The van der Waals surface area contributed by atoms with Crippen LogP contribution in [0.2, 0.25) is 0 Å². The summed E-state index contributed by atoms with van der Waals surface area (Å²) < 4.78 is 34.9. The Morgan fingerprint density at radius 1 is 1.19 bits per heavy atom. The number of amides is 1. The summed E-state index contributed by atoms with van der Waals surface area (Å²) in [6, 6.07) is 6.92. The number of carbonyl (C=O) groups is 1. The number of thiazole rings is 1. The Bertz CT molecular complexity index is 1050. The number of hydrogen-bond donors (Lipinski definition) is 0. The number of halogens is 2. The van der Waals surface area contributed by atoms with Crippen LogP contribution in [0, 0.1) is 25.5 Å². The van der Waals surface area contributed by atoms with Crippen LogP contribution in [-0.4, -0.2) is 24.2 Å². The minimum Gasteiger partial charge on any atom is -0.383 e. The third-order valence-corrected chi connectivity index (χ3v) is 5.22. The molecule has 0 unspecified atom stereocenters. The van der Waals surface area contributed by atoms with Gasteiger partial charge < -0.3 is 9.30 Å². The summed E-state index contributed by atoms with van der Waals surface area (Å²) in [4.78, 5) is 17.0. The summed E-state index contributed by atoms with van der Waals surface area (Å²) in [5, 5.41) is 0. The molecule has 1 aromatic heterocycles. The number of nitrogens with zero attached hydrogens (tertiary/aromatic N) is 2. The van der Waals surface area contributed by atoms with E-state index in [9.17, 15) is 13.6 Å². The van der Waals surface area contributed by atoms with Crippen molar-refractivity contribution in [3.8, 4) is 0 Å². The fourth-order valence-electron chi connectivity index (χ4n) is 2.62. The predicted molar refractivity (Wildman–Crippen MR) is 97.4 cm³/mol. The molecule has 2 aromatic carbocycles. The minimum absolute atomic E-state index is 0.255. The van der Waals surface area contributed by atoms with E-state index in [1.54, 1.807) is 7.11 Å². The van der Waals surface area contributed by atoms with Crippen molar-refractivity contribution >= 4 is 27.5 Å². The molecule has 0 aliphatic rings. The van der Waals surface area contributed by atoms with E-state index >= 15 is 0 Å². The molecule has 1 amide bonds. The molecule has 0 aliphatic heterocycles. The highest BCUT2D eigenvalue weighted by Crippen LogP contribution is 2.22. The zero-order valence-corrected chi connectivity index (χ0v) is 15.5. The SMILES string of the molecule is COCCn1c(=NC(=O)c2ccc(F)cc2F)sc2cc(C)c(C)cc21. The average Bonchev–Trinajstić information content (AvgIpc) is 2.89. The molecular weight excluding hydrogens is 358 g/mol. The second-order valence-electron chi connectivity index (χ2n) is 5.97. The summed E-state index contributed by atoms with van der Waals surface area (Å²) in [5.41, 5.74) is 2.96. The Morgan fingerprint density at radius 2 is 1.92 bits per heavy atom. The highest BCUT2D eigenvalue weighted by Gasteiger charge is 2.14. The Hall–Kier alpha value is -2.38. The smallest absolute Gasteiger partial charge is 0.282 e. The molecule has 0 aliphatic carbocycles. The van der Waals surface area contributed by atoms with Crippen molar-refractivity contribution in [3.05, 3.63) is 63.5 Å². The van der Waals surface area contributed by atoms with Crippen LogP contribution in [0.4, 0.5) is 8.78 Å². The predicted octanol–water partition coefficient (Wildman–Crippen LogP) is 3.99. The summed E-state index contributed by atoms with van der Waals surface area (Å²) in [6.07, 6.45) is 0. The van der Waals surface area contributed by atoms with E-state index in [1.807, 2.05) is 30.5 Å². The Balaban J connectivity index is 2.15. The van der Waals surface area contributed by atoms with E-state index in [-0.39, 0.29) is 5.56 Å². The number of hydrogen-bond acceptors (Lipinski definition) is 3. The third-order valence-electron chi connectivity index (χ3n) is 4.18. The number of benzene rings is 2. The molecule has 3 rings (SSSR count). The molecule has 0 bridgehead atoms. The number of aryl methyl sites for hydroxylation is 2. The van der Waals surface area contributed by atoms with Crippen LogP contribution in [0.25, 0.3) is 10.2 Å². The van der Waals surface area contributed by atoms with Gasteiger partial charge in [-0.3, -0.25) is 4.79 Å². The van der Waals surface area contributed by atoms with E-state index < -0.39 is 17.5 Å². The molecule has 0 saturated carbocycles. The molecule has 136 valence electrons. The van der Waals surface area contributed by atoms with Crippen LogP contribution in [-0.2, 0) is 11.3 Å². The summed E-state index contributed by atoms with van der Waals surface area (Å²) >= 11 is 1.35. The first-order valence-corrected chi connectivity index (χ1v) is 8.86. The Morgan fingerprint density at radius 3 is 2.62 bits per heavy atom. The van der Waals surface area contributed by atoms with E-state index in [0.717, 1.165) is 33.5 Å². The first-order valence-electron chi connectivity index (χ1n) is 8.04. The maximum Gasteiger partial charge on any atom is 0.282 e. The van der Waals surface area contributed by atoms with E-state index in [0.29, 0.717) is 24.0 Å². The Labute approximate surface area is 153 Å². The van der Waals surface area contributed by atoms with Crippen LogP contribution in [0.15, 0.2) is 35.3 Å². The first-order chi connectivity index (χ1) is 12.4. The molecule has 3 aromatic rings. The molecule has 0 saturated heterocycles. The molecule has 26 heavy (non-hydrogen) atoms. The molecule has 1 heterocycles. The van der Waals surface area contributed by atoms with Crippen molar-refractivity contribution in [1.82, 2.24) is 4.57 Å². The van der Waals surface area contributed by atoms with Crippen LogP contribution < -0.4 is 4.80 Å². The van der Waals surface area contributed by atoms with Gasteiger partial charge in [-0.1, -0.05) is 11.3 Å². The van der Waals surface area contributed by atoms with E-state index in [1.165, 1.54) is 11.3 Å². The van der Waals surface area contributed by atoms with Crippen LogP contribution >= 0.6 is 11.3 Å². The number of ether oxygens (including phenoxy) is 1. The maximum absolute atomic E-state index is 13.9. The van der Waals surface area contributed by atoms with Crippen LogP contribution in [0.3, 0.4) is 0 Å². The van der Waals surface area contributed by atoms with Crippen molar-refractivity contribution < 1.29 is 18.3 Å². The number of carbonyl (C=O) groups excluding carboxylic acids is 1. The number of rotatable bonds is 4. The quantitative estimate of drug-likeness (QED) is 0.691. The molecule has 0 atom stereocenters. The highest BCUT2D eigenvalue weighted by molar-refractivity contribution is 7.16. The Kier molecular flexibility index (Phi) is 5.29. The van der Waals surface area contributed by atoms with Gasteiger partial charge in [0.05, 0.1) is 22.4 Å². The van der Waals surface area contributed by atoms with E-state index in [2.05, 4.69) is 4.99 Å². The zero-order valence-electron chi connectivity index (χ0n) is 14.7. The van der Waals surface area contributed by atoms with Gasteiger partial charge in [-0.2, -0.15) is 4.99 Å². The normalized spacial score (nSPS) is 12.1. The minimum atomic E-state index is -0.921. The van der Waals surface area contributed by atoms with Gasteiger partial charge in [0, 0.05) is 19.7 Å². The third kappa shape index (κ3) is 3.59.